The van der Waals surface area contributed by atoms with E-state index in [1.807, 2.05) is 54.8 Å². The van der Waals surface area contributed by atoms with Crippen LogP contribution >= 0.6 is 22.7 Å². The van der Waals surface area contributed by atoms with Gasteiger partial charge in [-0.15, -0.1) is 22.7 Å². The minimum Gasteiger partial charge on any atom is -0.314 e. The number of nitrogens with zero attached hydrogens (tertiary/aromatic N) is 4. The summed E-state index contributed by atoms with van der Waals surface area (Å²) in [6.45, 7) is 1.72. The van der Waals surface area contributed by atoms with E-state index in [2.05, 4.69) is 10.1 Å². The fraction of sp³-hybridized carbons (Fsp3) is 0.158. The number of aryl methyl sites for hydroxylation is 1. The van der Waals surface area contributed by atoms with Crippen LogP contribution in [-0.2, 0) is 11.3 Å². The second-order valence-electron chi connectivity index (χ2n) is 5.99. The quantitative estimate of drug-likeness (QED) is 0.529. The Kier molecular flexibility index (Phi) is 4.59. The van der Waals surface area contributed by atoms with Crippen LogP contribution in [0.15, 0.2) is 52.6 Å². The number of para-hydroxylation sites is 1. The molecule has 0 aliphatic rings. The Hall–Kier alpha value is -2.84. The van der Waals surface area contributed by atoms with Gasteiger partial charge in [0.2, 0.25) is 5.91 Å². The number of hydrogen-bond acceptors (Lipinski definition) is 6. The lowest BCUT2D eigenvalue weighted by molar-refractivity contribution is -0.119. The molecule has 0 radical (unpaired) electrons. The first-order chi connectivity index (χ1) is 13.0. The molecular formula is C19H16N4O2S2. The second-order valence-corrected chi connectivity index (χ2v) is 8.14. The summed E-state index contributed by atoms with van der Waals surface area (Å²) in [5, 5.41) is 7.27. The van der Waals surface area contributed by atoms with Crippen LogP contribution in [-0.4, -0.2) is 27.7 Å². The predicted molar refractivity (Wildman–Crippen MR) is 110 cm³/mol. The molecule has 27 heavy (non-hydrogen) atoms. The molecule has 0 saturated carbocycles. The van der Waals surface area contributed by atoms with Gasteiger partial charge in [0.1, 0.15) is 12.2 Å². The zero-order valence-corrected chi connectivity index (χ0v) is 16.4. The predicted octanol–water partition coefficient (Wildman–Crippen LogP) is 3.55. The van der Waals surface area contributed by atoms with Crippen LogP contribution in [0.4, 0.5) is 5.69 Å². The normalized spacial score (nSPS) is 11.0. The number of rotatable bonds is 4. The summed E-state index contributed by atoms with van der Waals surface area (Å²) < 4.78 is 1.98. The van der Waals surface area contributed by atoms with Crippen molar-refractivity contribution in [1.82, 2.24) is 14.8 Å². The average molecular weight is 396 g/mol. The van der Waals surface area contributed by atoms with Gasteiger partial charge in [-0.25, -0.2) is 9.67 Å². The van der Waals surface area contributed by atoms with Crippen LogP contribution in [0.3, 0.4) is 0 Å². The highest BCUT2D eigenvalue weighted by Crippen LogP contribution is 2.31. The summed E-state index contributed by atoms with van der Waals surface area (Å²) in [6, 6.07) is 13.2. The Balaban J connectivity index is 1.77. The van der Waals surface area contributed by atoms with Gasteiger partial charge < -0.3 is 4.90 Å². The zero-order valence-electron chi connectivity index (χ0n) is 14.7. The summed E-state index contributed by atoms with van der Waals surface area (Å²) in [6.07, 6.45) is 0. The number of likely N-dealkylation sites (N-methyl/N-ethyl adjacent to an activating group) is 1. The highest BCUT2D eigenvalue weighted by atomic mass is 32.1. The molecule has 4 rings (SSSR count). The van der Waals surface area contributed by atoms with Crippen LogP contribution in [0.5, 0.6) is 0 Å². The molecule has 0 fully saturated rings. The number of carbonyl (C=O) groups is 1. The minimum atomic E-state index is -0.343. The Morgan fingerprint density at radius 1 is 1.19 bits per heavy atom. The number of carbonyl (C=O) groups excluding carboxylic acids is 1. The molecule has 136 valence electrons. The van der Waals surface area contributed by atoms with Gasteiger partial charge in [-0.3, -0.25) is 9.59 Å². The number of thiazole rings is 1. The second kappa shape index (κ2) is 7.05. The average Bonchev–Trinajstić information content (AvgIpc) is 3.34. The molecule has 1 aromatic carbocycles. The van der Waals surface area contributed by atoms with Crippen LogP contribution < -0.4 is 10.5 Å². The number of fused-ring (bicyclic) bond motifs is 1. The summed E-state index contributed by atoms with van der Waals surface area (Å²) >= 11 is 2.99. The van der Waals surface area contributed by atoms with Gasteiger partial charge in [-0.2, -0.15) is 5.10 Å². The highest BCUT2D eigenvalue weighted by Gasteiger charge is 2.19. The summed E-state index contributed by atoms with van der Waals surface area (Å²) in [4.78, 5) is 32.4. The van der Waals surface area contributed by atoms with E-state index in [-0.39, 0.29) is 18.0 Å². The molecule has 0 aliphatic heterocycles. The van der Waals surface area contributed by atoms with Gasteiger partial charge in [0.15, 0.2) is 5.52 Å². The van der Waals surface area contributed by atoms with Crippen molar-refractivity contribution in [3.63, 3.8) is 0 Å². The molecule has 0 spiro atoms. The molecule has 4 aromatic rings. The van der Waals surface area contributed by atoms with Crippen molar-refractivity contribution in [1.29, 1.82) is 0 Å². The molecule has 8 heteroatoms. The lowest BCUT2D eigenvalue weighted by Gasteiger charge is -2.17. The van der Waals surface area contributed by atoms with Gasteiger partial charge in [-0.1, -0.05) is 24.3 Å². The van der Waals surface area contributed by atoms with E-state index in [4.69, 9.17) is 0 Å². The van der Waals surface area contributed by atoms with Gasteiger partial charge in [0, 0.05) is 12.7 Å². The van der Waals surface area contributed by atoms with Gasteiger partial charge in [-0.05, 0) is 30.5 Å². The Morgan fingerprint density at radius 2 is 1.96 bits per heavy atom. The molecule has 0 unspecified atom stereocenters. The maximum absolute atomic E-state index is 12.8. The first-order valence-corrected chi connectivity index (χ1v) is 9.98. The van der Waals surface area contributed by atoms with E-state index in [0.29, 0.717) is 11.2 Å². The molecule has 3 heterocycles. The minimum absolute atomic E-state index is 0.144. The number of thiophene rings is 1. The third kappa shape index (κ3) is 3.29. The smallest absolute Gasteiger partial charge is 0.294 e. The standard InChI is InChI=1S/C19H16N4O2S2/c1-12-20-17-18(27-12)16(14-9-6-10-26-14)21-23(19(17)25)11-15(24)22(2)13-7-4-3-5-8-13/h3-10H,11H2,1-2H3. The fourth-order valence-corrected chi connectivity index (χ4v) is 4.47. The third-order valence-electron chi connectivity index (χ3n) is 4.16. The Labute approximate surface area is 163 Å². The van der Waals surface area contributed by atoms with Crippen molar-refractivity contribution >= 4 is 44.5 Å². The van der Waals surface area contributed by atoms with Crippen molar-refractivity contribution in [2.24, 2.45) is 0 Å². The van der Waals surface area contributed by atoms with Crippen LogP contribution in [0, 0.1) is 6.92 Å². The number of aromatic nitrogens is 3. The van der Waals surface area contributed by atoms with E-state index in [1.165, 1.54) is 20.9 Å². The van der Waals surface area contributed by atoms with E-state index in [1.54, 1.807) is 18.4 Å². The molecule has 3 aromatic heterocycles. The van der Waals surface area contributed by atoms with Crippen LogP contribution in [0.2, 0.25) is 0 Å². The molecular weight excluding hydrogens is 380 g/mol. The SMILES string of the molecule is Cc1nc2c(=O)n(CC(=O)N(C)c3ccccc3)nc(-c3cccs3)c2s1. The van der Waals surface area contributed by atoms with E-state index in [0.717, 1.165) is 20.3 Å². The molecule has 0 atom stereocenters. The molecule has 1 amide bonds. The molecule has 0 N–H and O–H groups in total. The molecule has 0 bridgehead atoms. The lowest BCUT2D eigenvalue weighted by atomic mass is 10.3. The maximum atomic E-state index is 12.8. The van der Waals surface area contributed by atoms with E-state index < -0.39 is 0 Å². The number of amides is 1. The van der Waals surface area contributed by atoms with Crippen molar-refractivity contribution in [2.75, 3.05) is 11.9 Å². The fourth-order valence-electron chi connectivity index (χ4n) is 2.78. The maximum Gasteiger partial charge on any atom is 0.294 e. The lowest BCUT2D eigenvalue weighted by Crippen LogP contribution is -2.35. The molecule has 6 nitrogen and oxygen atoms in total. The van der Waals surface area contributed by atoms with Crippen molar-refractivity contribution in [3.8, 4) is 10.6 Å². The Morgan fingerprint density at radius 3 is 2.67 bits per heavy atom. The van der Waals surface area contributed by atoms with E-state index in [9.17, 15) is 9.59 Å². The van der Waals surface area contributed by atoms with Crippen molar-refractivity contribution in [2.45, 2.75) is 13.5 Å². The van der Waals surface area contributed by atoms with Crippen LogP contribution in [0.1, 0.15) is 5.01 Å². The highest BCUT2D eigenvalue weighted by molar-refractivity contribution is 7.20. The summed E-state index contributed by atoms with van der Waals surface area (Å²) in [5.74, 6) is -0.223. The Bertz CT molecular complexity index is 1160. The van der Waals surface area contributed by atoms with Crippen molar-refractivity contribution in [3.05, 3.63) is 63.2 Å². The van der Waals surface area contributed by atoms with Gasteiger partial charge >= 0.3 is 0 Å². The van der Waals surface area contributed by atoms with Gasteiger partial charge in [0.25, 0.3) is 5.56 Å². The number of hydrogen-bond donors (Lipinski definition) is 0. The largest absolute Gasteiger partial charge is 0.314 e. The summed E-state index contributed by atoms with van der Waals surface area (Å²) in [7, 11) is 1.69. The zero-order chi connectivity index (χ0) is 19.0. The molecule has 0 saturated heterocycles. The number of anilines is 1. The topological polar surface area (TPSA) is 68.1 Å². The molecule has 0 aliphatic carbocycles. The first kappa shape index (κ1) is 17.6. The monoisotopic (exact) mass is 396 g/mol. The number of benzene rings is 1. The van der Waals surface area contributed by atoms with E-state index >= 15 is 0 Å². The summed E-state index contributed by atoms with van der Waals surface area (Å²) in [5.41, 5.74) is 1.48. The van der Waals surface area contributed by atoms with Gasteiger partial charge in [0.05, 0.1) is 14.6 Å². The first-order valence-electron chi connectivity index (χ1n) is 8.28. The van der Waals surface area contributed by atoms with Crippen molar-refractivity contribution < 1.29 is 4.79 Å². The van der Waals surface area contributed by atoms with Crippen LogP contribution in [0.25, 0.3) is 20.8 Å². The third-order valence-corrected chi connectivity index (χ3v) is 6.02.